The summed E-state index contributed by atoms with van der Waals surface area (Å²) in [5, 5.41) is 5.99. The van der Waals surface area contributed by atoms with Gasteiger partial charge in [0, 0.05) is 38.5 Å². The van der Waals surface area contributed by atoms with Crippen LogP contribution in [0.5, 0.6) is 0 Å². The molecule has 146 valence electrons. The fourth-order valence-electron chi connectivity index (χ4n) is 3.75. The van der Waals surface area contributed by atoms with Crippen molar-refractivity contribution < 1.29 is 14.0 Å². The van der Waals surface area contributed by atoms with Crippen molar-refractivity contribution in [3.05, 3.63) is 23.9 Å². The molecule has 3 heterocycles. The van der Waals surface area contributed by atoms with Crippen molar-refractivity contribution >= 4 is 23.5 Å². The molecule has 6 nitrogen and oxygen atoms in total. The molecule has 0 unspecified atom stereocenters. The van der Waals surface area contributed by atoms with E-state index in [1.165, 1.54) is 5.39 Å². The second kappa shape index (κ2) is 6.89. The average Bonchev–Trinajstić information content (AvgIpc) is 3.06. The first kappa shape index (κ1) is 18.9. The van der Waals surface area contributed by atoms with E-state index in [-0.39, 0.29) is 18.3 Å². The zero-order valence-corrected chi connectivity index (χ0v) is 17.1. The van der Waals surface area contributed by atoms with Crippen LogP contribution >= 0.6 is 0 Å². The van der Waals surface area contributed by atoms with Gasteiger partial charge in [-0.05, 0) is 39.2 Å². The van der Waals surface area contributed by atoms with Gasteiger partial charge in [0.25, 0.3) is 0 Å². The molecule has 4 rings (SSSR count). The first-order chi connectivity index (χ1) is 12.8. The van der Waals surface area contributed by atoms with E-state index >= 15 is 0 Å². The normalized spacial score (nSPS) is 22.6. The van der Waals surface area contributed by atoms with Gasteiger partial charge in [-0.2, -0.15) is 5.10 Å². The molecule has 27 heavy (non-hydrogen) atoms. The van der Waals surface area contributed by atoms with Crippen LogP contribution in [0.2, 0.25) is 0 Å². The molecule has 0 bridgehead atoms. The monoisotopic (exact) mass is 371 g/mol. The van der Waals surface area contributed by atoms with E-state index in [0.29, 0.717) is 0 Å². The van der Waals surface area contributed by atoms with Gasteiger partial charge >= 0.3 is 7.12 Å². The minimum absolute atomic E-state index is 0.331. The smallest absolute Gasteiger partial charge is 0.399 e. The molecular formula is C20H30BN3O3. The van der Waals surface area contributed by atoms with Gasteiger partial charge in [0.1, 0.15) is 0 Å². The van der Waals surface area contributed by atoms with Crippen LogP contribution in [-0.4, -0.2) is 65.8 Å². The van der Waals surface area contributed by atoms with Crippen molar-refractivity contribution in [1.29, 1.82) is 0 Å². The summed E-state index contributed by atoms with van der Waals surface area (Å²) in [4.78, 5) is 2.45. The van der Waals surface area contributed by atoms with Crippen LogP contribution in [0, 0.1) is 0 Å². The van der Waals surface area contributed by atoms with Gasteiger partial charge in [-0.1, -0.05) is 12.1 Å². The molecule has 0 saturated carbocycles. The molecule has 2 aliphatic heterocycles. The summed E-state index contributed by atoms with van der Waals surface area (Å²) >= 11 is 0. The Hall–Kier alpha value is -1.41. The molecule has 0 atom stereocenters. The van der Waals surface area contributed by atoms with Crippen molar-refractivity contribution in [2.45, 2.75) is 45.3 Å². The van der Waals surface area contributed by atoms with Gasteiger partial charge < -0.3 is 14.0 Å². The van der Waals surface area contributed by atoms with E-state index < -0.39 is 0 Å². The summed E-state index contributed by atoms with van der Waals surface area (Å²) in [5.74, 6) is 0. The van der Waals surface area contributed by atoms with Gasteiger partial charge in [-0.3, -0.25) is 9.58 Å². The predicted octanol–water partition coefficient (Wildman–Crippen LogP) is 1.75. The zero-order valence-electron chi connectivity index (χ0n) is 17.1. The fraction of sp³-hybridized carbons (Fsp3) is 0.650. The predicted molar refractivity (Wildman–Crippen MR) is 107 cm³/mol. The Morgan fingerprint density at radius 2 is 1.74 bits per heavy atom. The summed E-state index contributed by atoms with van der Waals surface area (Å²) in [6.07, 6.45) is 0.952. The van der Waals surface area contributed by atoms with E-state index in [9.17, 15) is 0 Å². The van der Waals surface area contributed by atoms with Crippen LogP contribution in [-0.2, 0) is 27.5 Å². The molecular weight excluding hydrogens is 341 g/mol. The van der Waals surface area contributed by atoms with Crippen LogP contribution in [0.25, 0.3) is 10.9 Å². The quantitative estimate of drug-likeness (QED) is 0.767. The van der Waals surface area contributed by atoms with E-state index in [1.807, 2.05) is 11.7 Å². The first-order valence-corrected chi connectivity index (χ1v) is 9.88. The minimum atomic E-state index is -0.342. The molecule has 1 aromatic carbocycles. The van der Waals surface area contributed by atoms with Crippen LogP contribution in [0.4, 0.5) is 0 Å². The number of ether oxygens (including phenoxy) is 1. The van der Waals surface area contributed by atoms with Gasteiger partial charge in [-0.15, -0.1) is 0 Å². The van der Waals surface area contributed by atoms with Gasteiger partial charge in [0.15, 0.2) is 0 Å². The molecule has 7 heteroatoms. The summed E-state index contributed by atoms with van der Waals surface area (Å²) < 4.78 is 19.8. The van der Waals surface area contributed by atoms with Gasteiger partial charge in [0.05, 0.1) is 35.6 Å². The first-order valence-electron chi connectivity index (χ1n) is 9.88. The van der Waals surface area contributed by atoms with Crippen molar-refractivity contribution in [3.8, 4) is 0 Å². The number of aryl methyl sites for hydroxylation is 1. The largest absolute Gasteiger partial charge is 0.494 e. The molecule has 1 aromatic heterocycles. The van der Waals surface area contributed by atoms with E-state index in [0.717, 1.165) is 55.9 Å². The maximum Gasteiger partial charge on any atom is 0.494 e. The number of aromatic nitrogens is 2. The summed E-state index contributed by atoms with van der Waals surface area (Å²) in [6, 6.07) is 6.43. The maximum atomic E-state index is 6.20. The molecule has 0 spiro atoms. The zero-order chi connectivity index (χ0) is 19.2. The summed E-state index contributed by atoms with van der Waals surface area (Å²) in [7, 11) is 1.67. The molecule has 0 amide bonds. The number of rotatable bonds is 4. The van der Waals surface area contributed by atoms with Crippen LogP contribution in [0.1, 0.15) is 33.4 Å². The van der Waals surface area contributed by atoms with E-state index in [4.69, 9.17) is 19.1 Å². The SMILES string of the molecule is Cn1nc(CCN2CCOCC2)c2ccc(B3OC(C)(C)C(C)(C)O3)cc21. The number of hydrogen-bond donors (Lipinski definition) is 0. The Morgan fingerprint density at radius 1 is 1.07 bits per heavy atom. The highest BCUT2D eigenvalue weighted by molar-refractivity contribution is 6.62. The topological polar surface area (TPSA) is 48.8 Å². The average molecular weight is 371 g/mol. The minimum Gasteiger partial charge on any atom is -0.399 e. The van der Waals surface area contributed by atoms with Gasteiger partial charge in [0.2, 0.25) is 0 Å². The van der Waals surface area contributed by atoms with Crippen LogP contribution in [0.15, 0.2) is 18.2 Å². The number of benzene rings is 1. The lowest BCUT2D eigenvalue weighted by Gasteiger charge is -2.32. The standard InChI is InChI=1S/C20H30BN3O3/c1-19(2)20(3,4)27-21(26-19)15-6-7-16-17(22-23(5)18(16)14-15)8-9-24-10-12-25-13-11-24/h6-7,14H,8-13H2,1-5H3. The number of nitrogens with zero attached hydrogens (tertiary/aromatic N) is 3. The second-order valence-electron chi connectivity index (χ2n) is 8.64. The van der Waals surface area contributed by atoms with Gasteiger partial charge in [-0.25, -0.2) is 0 Å². The number of fused-ring (bicyclic) bond motifs is 1. The summed E-state index contributed by atoms with van der Waals surface area (Å²) in [5.41, 5.74) is 2.66. The molecule has 2 saturated heterocycles. The lowest BCUT2D eigenvalue weighted by Crippen LogP contribution is -2.41. The Labute approximate surface area is 161 Å². The molecule has 0 radical (unpaired) electrons. The van der Waals surface area contributed by atoms with Crippen molar-refractivity contribution in [2.75, 3.05) is 32.8 Å². The Kier molecular flexibility index (Phi) is 4.83. The molecule has 2 aromatic rings. The fourth-order valence-corrected chi connectivity index (χ4v) is 3.75. The van der Waals surface area contributed by atoms with Crippen molar-refractivity contribution in [3.63, 3.8) is 0 Å². The number of hydrogen-bond acceptors (Lipinski definition) is 5. The third kappa shape index (κ3) is 3.54. The highest BCUT2D eigenvalue weighted by Crippen LogP contribution is 2.36. The Morgan fingerprint density at radius 3 is 2.41 bits per heavy atom. The lowest BCUT2D eigenvalue weighted by molar-refractivity contribution is 0.00578. The maximum absolute atomic E-state index is 6.20. The summed E-state index contributed by atoms with van der Waals surface area (Å²) in [6.45, 7) is 13.0. The van der Waals surface area contributed by atoms with Crippen molar-refractivity contribution in [2.24, 2.45) is 7.05 Å². The van der Waals surface area contributed by atoms with Crippen LogP contribution < -0.4 is 5.46 Å². The molecule has 0 N–H and O–H groups in total. The number of morpholine rings is 1. The second-order valence-corrected chi connectivity index (χ2v) is 8.64. The third-order valence-corrected chi connectivity index (χ3v) is 6.25. The molecule has 2 aliphatic rings. The van der Waals surface area contributed by atoms with Crippen LogP contribution in [0.3, 0.4) is 0 Å². The Bertz CT molecular complexity index is 811. The van der Waals surface area contributed by atoms with Crippen molar-refractivity contribution in [1.82, 2.24) is 14.7 Å². The molecule has 0 aliphatic carbocycles. The highest BCUT2D eigenvalue weighted by Gasteiger charge is 2.51. The van der Waals surface area contributed by atoms with E-state index in [2.05, 4.69) is 50.8 Å². The lowest BCUT2D eigenvalue weighted by atomic mass is 9.78. The third-order valence-electron chi connectivity index (χ3n) is 6.25. The Balaban J connectivity index is 1.54. The highest BCUT2D eigenvalue weighted by atomic mass is 16.7. The molecule has 2 fully saturated rings. The van der Waals surface area contributed by atoms with E-state index in [1.54, 1.807) is 0 Å².